The number of hydrogen-bond acceptors (Lipinski definition) is 6. The number of amides is 1. The van der Waals surface area contributed by atoms with Crippen molar-refractivity contribution in [3.05, 3.63) is 36.4 Å². The monoisotopic (exact) mass is 489 g/mol. The molecule has 1 amide bonds. The van der Waals surface area contributed by atoms with Crippen LogP contribution in [0.25, 0.3) is 0 Å². The Kier molecular flexibility index (Phi) is 7.08. The lowest BCUT2D eigenvalue weighted by Gasteiger charge is -2.36. The van der Waals surface area contributed by atoms with E-state index in [1.807, 2.05) is 13.8 Å². The molecule has 1 spiro atoms. The number of ether oxygens (including phenoxy) is 1. The van der Waals surface area contributed by atoms with Crippen LogP contribution in [-0.4, -0.2) is 55.4 Å². The Bertz CT molecular complexity index is 1030. The van der Waals surface area contributed by atoms with Gasteiger partial charge in [0.25, 0.3) is 5.91 Å². The number of oxime groups is 1. The van der Waals surface area contributed by atoms with Crippen molar-refractivity contribution in [3.8, 4) is 5.75 Å². The Hall–Kier alpha value is -2.60. The van der Waals surface area contributed by atoms with Gasteiger partial charge in [-0.2, -0.15) is 4.31 Å². The molecule has 3 rings (SSSR count). The van der Waals surface area contributed by atoms with Gasteiger partial charge in [0, 0.05) is 38.4 Å². The average molecular weight is 490 g/mol. The molecule has 182 valence electrons. The van der Waals surface area contributed by atoms with Crippen molar-refractivity contribution in [2.45, 2.75) is 62.4 Å². The minimum Gasteiger partial charge on any atom is -0.406 e. The molecule has 2 aliphatic rings. The molecule has 1 aromatic carbocycles. The first-order chi connectivity index (χ1) is 15.3. The molecule has 0 aliphatic carbocycles. The summed E-state index contributed by atoms with van der Waals surface area (Å²) in [6.07, 6.45) is -3.26. The second-order valence-electron chi connectivity index (χ2n) is 8.19. The second kappa shape index (κ2) is 9.34. The van der Waals surface area contributed by atoms with Gasteiger partial charge in [-0.05, 0) is 37.6 Å². The lowest BCUT2D eigenvalue weighted by atomic mass is 9.87. The molecule has 8 nitrogen and oxygen atoms in total. The SMILES string of the molecule is C=C(C)C(CC)NC(=O)C1=NOC2(CCN(S(=O)(=O)c3ccc(OC(F)(F)F)cc3)CC2)C1. The third-order valence-corrected chi connectivity index (χ3v) is 7.65. The molecule has 2 aliphatic heterocycles. The first-order valence-corrected chi connectivity index (χ1v) is 11.9. The van der Waals surface area contributed by atoms with Crippen LogP contribution in [0.4, 0.5) is 13.2 Å². The van der Waals surface area contributed by atoms with E-state index in [-0.39, 0.29) is 42.1 Å². The Morgan fingerprint density at radius 3 is 2.42 bits per heavy atom. The van der Waals surface area contributed by atoms with Gasteiger partial charge in [-0.15, -0.1) is 13.2 Å². The standard InChI is InChI=1S/C21H26F3N3O5S/c1-4-17(14(2)3)25-19(28)18-13-20(32-26-18)9-11-27(12-10-20)33(29,30)16-7-5-15(6-8-16)31-21(22,23)24/h5-8,17H,2,4,9-13H2,1,3H3,(H,25,28). The molecule has 1 aromatic rings. The first kappa shape index (κ1) is 25.0. The summed E-state index contributed by atoms with van der Waals surface area (Å²) in [7, 11) is -3.91. The summed E-state index contributed by atoms with van der Waals surface area (Å²) in [5.74, 6) is -0.837. The molecule has 0 bridgehead atoms. The molecule has 0 radical (unpaired) electrons. The Labute approximate surface area is 190 Å². The summed E-state index contributed by atoms with van der Waals surface area (Å²) in [6, 6.07) is 3.89. The minimum atomic E-state index is -4.86. The molecule has 1 saturated heterocycles. The third kappa shape index (κ3) is 5.85. The lowest BCUT2D eigenvalue weighted by Crippen LogP contribution is -2.47. The van der Waals surface area contributed by atoms with Crippen LogP contribution in [0, 0.1) is 0 Å². The van der Waals surface area contributed by atoms with Gasteiger partial charge in [-0.3, -0.25) is 4.79 Å². The van der Waals surface area contributed by atoms with Crippen LogP contribution < -0.4 is 10.1 Å². The van der Waals surface area contributed by atoms with Crippen molar-refractivity contribution in [1.82, 2.24) is 9.62 Å². The van der Waals surface area contributed by atoms with Gasteiger partial charge >= 0.3 is 6.36 Å². The normalized spacial score (nSPS) is 19.5. The maximum Gasteiger partial charge on any atom is 0.573 e. The minimum absolute atomic E-state index is 0.122. The number of nitrogens with one attached hydrogen (secondary N) is 1. The van der Waals surface area contributed by atoms with E-state index >= 15 is 0 Å². The zero-order valence-electron chi connectivity index (χ0n) is 18.3. The fourth-order valence-electron chi connectivity index (χ4n) is 3.82. The number of sulfonamides is 1. The molecule has 0 saturated carbocycles. The van der Waals surface area contributed by atoms with E-state index in [9.17, 15) is 26.4 Å². The summed E-state index contributed by atoms with van der Waals surface area (Å²) in [5.41, 5.74) is 0.330. The van der Waals surface area contributed by atoms with Gasteiger partial charge in [0.1, 0.15) is 17.1 Å². The Balaban J connectivity index is 1.59. The largest absolute Gasteiger partial charge is 0.573 e. The number of alkyl halides is 3. The number of piperidine rings is 1. The summed E-state index contributed by atoms with van der Waals surface area (Å²) in [4.78, 5) is 18.0. The van der Waals surface area contributed by atoms with Gasteiger partial charge in [0.2, 0.25) is 10.0 Å². The molecular weight excluding hydrogens is 463 g/mol. The van der Waals surface area contributed by atoms with E-state index in [1.54, 1.807) is 0 Å². The molecule has 2 heterocycles. The Morgan fingerprint density at radius 2 is 1.91 bits per heavy atom. The van der Waals surface area contributed by atoms with Crippen molar-refractivity contribution in [3.63, 3.8) is 0 Å². The van der Waals surface area contributed by atoms with Gasteiger partial charge in [0.05, 0.1) is 4.90 Å². The van der Waals surface area contributed by atoms with E-state index in [0.29, 0.717) is 19.3 Å². The van der Waals surface area contributed by atoms with Crippen LogP contribution in [0.1, 0.15) is 39.5 Å². The predicted molar refractivity (Wildman–Crippen MR) is 114 cm³/mol. The van der Waals surface area contributed by atoms with Crippen molar-refractivity contribution < 1.29 is 36.0 Å². The summed E-state index contributed by atoms with van der Waals surface area (Å²) >= 11 is 0. The van der Waals surface area contributed by atoms with Gasteiger partial charge < -0.3 is 14.9 Å². The number of carbonyl (C=O) groups is 1. The number of halogens is 3. The molecule has 1 atom stereocenters. The molecule has 1 fully saturated rings. The van der Waals surface area contributed by atoms with Crippen LogP contribution in [0.15, 0.2) is 46.5 Å². The van der Waals surface area contributed by atoms with Crippen molar-refractivity contribution in [2.24, 2.45) is 5.16 Å². The van der Waals surface area contributed by atoms with Crippen LogP contribution in [0.3, 0.4) is 0 Å². The highest BCUT2D eigenvalue weighted by atomic mass is 32.2. The Morgan fingerprint density at radius 1 is 1.30 bits per heavy atom. The number of nitrogens with zero attached hydrogens (tertiary/aromatic N) is 2. The van der Waals surface area contributed by atoms with E-state index in [1.165, 1.54) is 4.31 Å². The zero-order chi connectivity index (χ0) is 24.4. The van der Waals surface area contributed by atoms with Crippen LogP contribution in [-0.2, 0) is 19.7 Å². The topological polar surface area (TPSA) is 97.3 Å². The van der Waals surface area contributed by atoms with Crippen molar-refractivity contribution in [2.75, 3.05) is 13.1 Å². The molecular formula is C21H26F3N3O5S. The quantitative estimate of drug-likeness (QED) is 0.593. The third-order valence-electron chi connectivity index (χ3n) is 5.74. The van der Waals surface area contributed by atoms with E-state index in [2.05, 4.69) is 21.8 Å². The molecule has 33 heavy (non-hydrogen) atoms. The average Bonchev–Trinajstić information content (AvgIpc) is 3.14. The number of hydrogen-bond donors (Lipinski definition) is 1. The van der Waals surface area contributed by atoms with Crippen LogP contribution in [0.2, 0.25) is 0 Å². The van der Waals surface area contributed by atoms with Gasteiger partial charge in [-0.25, -0.2) is 8.42 Å². The lowest BCUT2D eigenvalue weighted by molar-refractivity contribution is -0.274. The highest BCUT2D eigenvalue weighted by Gasteiger charge is 2.46. The number of rotatable bonds is 7. The summed E-state index contributed by atoms with van der Waals surface area (Å²) in [6.45, 7) is 7.87. The van der Waals surface area contributed by atoms with Crippen molar-refractivity contribution in [1.29, 1.82) is 0 Å². The van der Waals surface area contributed by atoms with E-state index in [4.69, 9.17) is 4.84 Å². The maximum atomic E-state index is 12.9. The van der Waals surface area contributed by atoms with E-state index < -0.39 is 27.7 Å². The summed E-state index contributed by atoms with van der Waals surface area (Å²) in [5, 5.41) is 6.81. The number of benzene rings is 1. The van der Waals surface area contributed by atoms with Crippen molar-refractivity contribution >= 4 is 21.6 Å². The maximum absolute atomic E-state index is 12.9. The zero-order valence-corrected chi connectivity index (χ0v) is 19.1. The first-order valence-electron chi connectivity index (χ1n) is 10.4. The van der Waals surface area contributed by atoms with Crippen LogP contribution in [0.5, 0.6) is 5.75 Å². The van der Waals surface area contributed by atoms with Gasteiger partial charge in [0.15, 0.2) is 0 Å². The fourth-order valence-corrected chi connectivity index (χ4v) is 5.26. The van der Waals surface area contributed by atoms with Crippen LogP contribution >= 0.6 is 0 Å². The molecule has 1 N–H and O–H groups in total. The van der Waals surface area contributed by atoms with E-state index in [0.717, 1.165) is 29.8 Å². The fraction of sp³-hybridized carbons (Fsp3) is 0.524. The second-order valence-corrected chi connectivity index (χ2v) is 10.1. The summed E-state index contributed by atoms with van der Waals surface area (Å²) < 4.78 is 67.7. The highest BCUT2D eigenvalue weighted by Crippen LogP contribution is 2.36. The molecule has 0 aromatic heterocycles. The smallest absolute Gasteiger partial charge is 0.406 e. The predicted octanol–water partition coefficient (Wildman–Crippen LogP) is 3.36. The number of carbonyl (C=O) groups excluding carboxylic acids is 1. The van der Waals surface area contributed by atoms with Gasteiger partial charge in [-0.1, -0.05) is 24.2 Å². The molecule has 12 heteroatoms. The molecule has 1 unspecified atom stereocenters. The highest BCUT2D eigenvalue weighted by molar-refractivity contribution is 7.89.